The van der Waals surface area contributed by atoms with E-state index in [9.17, 15) is 9.59 Å². The number of ether oxygens (including phenoxy) is 1. The van der Waals surface area contributed by atoms with Crippen LogP contribution in [0, 0.1) is 5.92 Å². The molecule has 4 rings (SSSR count). The number of hydrogen-bond donors (Lipinski definition) is 0. The largest absolute Gasteiger partial charge is 0.496 e. The number of carbonyl (C=O) groups excluding carboxylic acids is 2. The molecule has 0 N–H and O–H groups in total. The third-order valence-corrected chi connectivity index (χ3v) is 7.71. The van der Waals surface area contributed by atoms with Crippen LogP contribution in [0.4, 0.5) is 0 Å². The van der Waals surface area contributed by atoms with Crippen LogP contribution < -0.4 is 4.74 Å². The van der Waals surface area contributed by atoms with Crippen molar-refractivity contribution in [1.29, 1.82) is 0 Å². The summed E-state index contributed by atoms with van der Waals surface area (Å²) in [5.41, 5.74) is 0.997. The maximum absolute atomic E-state index is 13.1. The molecule has 1 aliphatic heterocycles. The van der Waals surface area contributed by atoms with E-state index in [4.69, 9.17) is 4.74 Å². The molecule has 0 spiro atoms. The van der Waals surface area contributed by atoms with Gasteiger partial charge >= 0.3 is 0 Å². The number of amides is 2. The Morgan fingerprint density at radius 1 is 1.09 bits per heavy atom. The third kappa shape index (κ3) is 6.27. The fraction of sp³-hybridized carbons (Fsp3) is 0.481. The molecule has 2 heterocycles. The van der Waals surface area contributed by atoms with Crippen LogP contribution in [0.3, 0.4) is 0 Å². The summed E-state index contributed by atoms with van der Waals surface area (Å²) in [7, 11) is 1.67. The second kappa shape index (κ2) is 12.2. The van der Waals surface area contributed by atoms with Gasteiger partial charge in [0.2, 0.25) is 5.91 Å². The number of para-hydroxylation sites is 1. The quantitative estimate of drug-likeness (QED) is 0.537. The first kappa shape index (κ1) is 24.5. The SMILES string of the molecule is COc1ccccc1/C=C/CN(CCN1CCN(C(=O)C2CCCC2)CC1)C(=O)c1cccs1. The smallest absolute Gasteiger partial charge is 0.264 e. The number of benzene rings is 1. The lowest BCUT2D eigenvalue weighted by atomic mass is 10.1. The Labute approximate surface area is 206 Å². The van der Waals surface area contributed by atoms with Crippen LogP contribution >= 0.6 is 11.3 Å². The predicted molar refractivity (Wildman–Crippen MR) is 137 cm³/mol. The fourth-order valence-electron chi connectivity index (χ4n) is 4.83. The van der Waals surface area contributed by atoms with E-state index < -0.39 is 0 Å². The lowest BCUT2D eigenvalue weighted by molar-refractivity contribution is -0.137. The zero-order valence-corrected chi connectivity index (χ0v) is 20.8. The van der Waals surface area contributed by atoms with Crippen molar-refractivity contribution in [2.75, 3.05) is 52.9 Å². The van der Waals surface area contributed by atoms with Crippen molar-refractivity contribution >= 4 is 29.2 Å². The molecule has 1 aromatic heterocycles. The Bertz CT molecular complexity index is 961. The van der Waals surface area contributed by atoms with Gasteiger partial charge in [-0.2, -0.15) is 0 Å². The molecule has 1 saturated heterocycles. The minimum atomic E-state index is 0.0646. The number of nitrogens with zero attached hydrogens (tertiary/aromatic N) is 3. The Hall–Kier alpha value is -2.64. The number of carbonyl (C=O) groups is 2. The van der Waals surface area contributed by atoms with Crippen LogP contribution in [0.25, 0.3) is 6.08 Å². The van der Waals surface area contributed by atoms with E-state index in [2.05, 4.69) is 9.80 Å². The summed E-state index contributed by atoms with van der Waals surface area (Å²) >= 11 is 1.48. The monoisotopic (exact) mass is 481 g/mol. The minimum absolute atomic E-state index is 0.0646. The van der Waals surface area contributed by atoms with Crippen molar-refractivity contribution < 1.29 is 14.3 Å². The molecular formula is C27H35N3O3S. The van der Waals surface area contributed by atoms with Gasteiger partial charge in [0.1, 0.15) is 5.75 Å². The number of methoxy groups -OCH3 is 1. The van der Waals surface area contributed by atoms with Crippen molar-refractivity contribution in [3.05, 3.63) is 58.3 Å². The van der Waals surface area contributed by atoms with Crippen LogP contribution in [-0.4, -0.2) is 79.4 Å². The van der Waals surface area contributed by atoms with Crippen molar-refractivity contribution in [2.45, 2.75) is 25.7 Å². The molecule has 1 aliphatic carbocycles. The molecule has 6 nitrogen and oxygen atoms in total. The van der Waals surface area contributed by atoms with Crippen molar-refractivity contribution in [2.24, 2.45) is 5.92 Å². The molecule has 0 bridgehead atoms. The van der Waals surface area contributed by atoms with Gasteiger partial charge in [-0.25, -0.2) is 0 Å². The van der Waals surface area contributed by atoms with Gasteiger partial charge in [-0.3, -0.25) is 14.5 Å². The zero-order chi connectivity index (χ0) is 23.8. The molecule has 1 saturated carbocycles. The van der Waals surface area contributed by atoms with E-state index in [1.54, 1.807) is 7.11 Å². The molecule has 2 aromatic rings. The van der Waals surface area contributed by atoms with Crippen LogP contribution in [-0.2, 0) is 4.79 Å². The summed E-state index contributed by atoms with van der Waals surface area (Å²) in [4.78, 5) is 32.9. The molecular weight excluding hydrogens is 446 g/mol. The molecule has 1 aromatic carbocycles. The van der Waals surface area contributed by atoms with Gasteiger partial charge in [0, 0.05) is 57.3 Å². The first-order valence-electron chi connectivity index (χ1n) is 12.3. The maximum atomic E-state index is 13.1. The van der Waals surface area contributed by atoms with Gasteiger partial charge in [0.05, 0.1) is 12.0 Å². The lowest BCUT2D eigenvalue weighted by Gasteiger charge is -2.36. The molecule has 0 unspecified atom stereocenters. The summed E-state index contributed by atoms with van der Waals surface area (Å²) in [5, 5.41) is 1.94. The highest BCUT2D eigenvalue weighted by Gasteiger charge is 2.29. The summed E-state index contributed by atoms with van der Waals surface area (Å²) in [6, 6.07) is 11.7. The second-order valence-corrected chi connectivity index (χ2v) is 9.97. The Balaban J connectivity index is 1.32. The minimum Gasteiger partial charge on any atom is -0.496 e. The van der Waals surface area contributed by atoms with Gasteiger partial charge in [-0.05, 0) is 30.4 Å². The Morgan fingerprint density at radius 2 is 1.85 bits per heavy atom. The topological polar surface area (TPSA) is 53.1 Å². The maximum Gasteiger partial charge on any atom is 0.264 e. The Morgan fingerprint density at radius 3 is 2.56 bits per heavy atom. The first-order valence-corrected chi connectivity index (χ1v) is 13.2. The number of piperazine rings is 1. The van der Waals surface area contributed by atoms with Crippen molar-refractivity contribution in [1.82, 2.24) is 14.7 Å². The van der Waals surface area contributed by atoms with E-state index in [1.807, 2.05) is 58.8 Å². The molecule has 2 amide bonds. The first-order chi connectivity index (χ1) is 16.7. The average Bonchev–Trinajstić information content (AvgIpc) is 3.61. The van der Waals surface area contributed by atoms with E-state index in [0.717, 1.165) is 61.8 Å². The summed E-state index contributed by atoms with van der Waals surface area (Å²) in [6.07, 6.45) is 8.54. The van der Waals surface area contributed by atoms with Crippen LogP contribution in [0.1, 0.15) is 40.9 Å². The van der Waals surface area contributed by atoms with Gasteiger partial charge in [0.25, 0.3) is 5.91 Å². The fourth-order valence-corrected chi connectivity index (χ4v) is 5.52. The summed E-state index contributed by atoms with van der Waals surface area (Å²) in [5.74, 6) is 1.49. The molecule has 7 heteroatoms. The van der Waals surface area contributed by atoms with Gasteiger partial charge < -0.3 is 14.5 Å². The van der Waals surface area contributed by atoms with Crippen LogP contribution in [0.2, 0.25) is 0 Å². The Kier molecular flexibility index (Phi) is 8.77. The van der Waals surface area contributed by atoms with Crippen molar-refractivity contribution in [3.63, 3.8) is 0 Å². The van der Waals surface area contributed by atoms with E-state index in [1.165, 1.54) is 24.2 Å². The summed E-state index contributed by atoms with van der Waals surface area (Å²) < 4.78 is 5.43. The van der Waals surface area contributed by atoms with E-state index >= 15 is 0 Å². The van der Waals surface area contributed by atoms with Crippen LogP contribution in [0.5, 0.6) is 5.75 Å². The molecule has 2 aliphatic rings. The highest BCUT2D eigenvalue weighted by molar-refractivity contribution is 7.12. The number of hydrogen-bond acceptors (Lipinski definition) is 5. The van der Waals surface area contributed by atoms with E-state index in [-0.39, 0.29) is 11.8 Å². The summed E-state index contributed by atoms with van der Waals surface area (Å²) in [6.45, 7) is 5.33. The zero-order valence-electron chi connectivity index (χ0n) is 20.0. The van der Waals surface area contributed by atoms with E-state index in [0.29, 0.717) is 19.0 Å². The average molecular weight is 482 g/mol. The lowest BCUT2D eigenvalue weighted by Crippen LogP contribution is -2.51. The molecule has 182 valence electrons. The van der Waals surface area contributed by atoms with Gasteiger partial charge in [-0.15, -0.1) is 11.3 Å². The third-order valence-electron chi connectivity index (χ3n) is 6.86. The number of rotatable bonds is 9. The number of thiophene rings is 1. The van der Waals surface area contributed by atoms with Gasteiger partial charge in [-0.1, -0.05) is 49.3 Å². The molecule has 0 atom stereocenters. The van der Waals surface area contributed by atoms with Crippen molar-refractivity contribution in [3.8, 4) is 5.75 Å². The highest BCUT2D eigenvalue weighted by atomic mass is 32.1. The molecule has 0 radical (unpaired) electrons. The molecule has 2 fully saturated rings. The van der Waals surface area contributed by atoms with Crippen LogP contribution in [0.15, 0.2) is 47.9 Å². The normalized spacial score (nSPS) is 17.4. The highest BCUT2D eigenvalue weighted by Crippen LogP contribution is 2.27. The van der Waals surface area contributed by atoms with Gasteiger partial charge in [0.15, 0.2) is 0 Å². The predicted octanol–water partition coefficient (Wildman–Crippen LogP) is 4.25. The standard InChI is InChI=1S/C27H35N3O3S/c1-33-24-12-5-4-8-22(24)11-6-14-29(27(32)25-13-7-21-34-25)18-15-28-16-19-30(20-17-28)26(31)23-9-2-3-10-23/h4-8,11-13,21,23H,2-3,9-10,14-20H2,1H3/b11-6+. The second-order valence-electron chi connectivity index (χ2n) is 9.02. The molecule has 34 heavy (non-hydrogen) atoms.